The van der Waals surface area contributed by atoms with Gasteiger partial charge in [0.1, 0.15) is 11.6 Å². The Balaban J connectivity index is 1.27. The van der Waals surface area contributed by atoms with E-state index in [9.17, 15) is 27.2 Å². The van der Waals surface area contributed by atoms with E-state index in [2.05, 4.69) is 20.6 Å². The van der Waals surface area contributed by atoms with Gasteiger partial charge in [0.05, 0.1) is 5.92 Å². The summed E-state index contributed by atoms with van der Waals surface area (Å²) in [7, 11) is 0. The highest BCUT2D eigenvalue weighted by molar-refractivity contribution is 5.81. The molecule has 4 rings (SSSR count). The number of hydrogen-bond donors (Lipinski definition) is 1. The lowest BCUT2D eigenvalue weighted by atomic mass is 9.97. The molecule has 0 saturated carbocycles. The summed E-state index contributed by atoms with van der Waals surface area (Å²) in [6, 6.07) is 8.94. The van der Waals surface area contributed by atoms with Gasteiger partial charge in [0.15, 0.2) is 12.3 Å². The predicted molar refractivity (Wildman–Crippen MR) is 110 cm³/mol. The van der Waals surface area contributed by atoms with Crippen LogP contribution in [0.5, 0.6) is 0 Å². The van der Waals surface area contributed by atoms with Crippen LogP contribution in [0.25, 0.3) is 5.65 Å². The molecule has 1 saturated heterocycles. The van der Waals surface area contributed by atoms with Crippen LogP contribution < -0.4 is 10.2 Å². The van der Waals surface area contributed by atoms with Gasteiger partial charge in [-0.3, -0.25) is 9.59 Å². The first-order chi connectivity index (χ1) is 16.2. The molecule has 1 aliphatic rings. The van der Waals surface area contributed by atoms with Crippen molar-refractivity contribution in [3.05, 3.63) is 53.6 Å². The summed E-state index contributed by atoms with van der Waals surface area (Å²) in [6.45, 7) is 0.212. The molecule has 1 aromatic carbocycles. The minimum Gasteiger partial charge on any atom is -0.455 e. The Morgan fingerprint density at radius 2 is 1.82 bits per heavy atom. The average molecular weight is 480 g/mol. The highest BCUT2D eigenvalue weighted by Crippen LogP contribution is 2.28. The molecule has 0 atom stereocenters. The van der Waals surface area contributed by atoms with Crippen molar-refractivity contribution in [2.45, 2.75) is 25.6 Å². The van der Waals surface area contributed by atoms with E-state index in [4.69, 9.17) is 4.74 Å². The molecule has 1 aliphatic heterocycles. The molecular weight excluding hydrogens is 460 g/mol. The Morgan fingerprint density at radius 1 is 1.09 bits per heavy atom. The summed E-state index contributed by atoms with van der Waals surface area (Å²) in [4.78, 5) is 26.0. The second kappa shape index (κ2) is 9.61. The van der Waals surface area contributed by atoms with Crippen LogP contribution >= 0.6 is 0 Å². The van der Waals surface area contributed by atoms with Gasteiger partial charge in [0.2, 0.25) is 0 Å². The van der Waals surface area contributed by atoms with Crippen LogP contribution in [0.4, 0.5) is 23.4 Å². The van der Waals surface area contributed by atoms with Crippen LogP contribution in [0.2, 0.25) is 0 Å². The number of carbonyl (C=O) groups excluding carboxylic acids is 2. The van der Waals surface area contributed by atoms with E-state index in [1.165, 1.54) is 24.3 Å². The summed E-state index contributed by atoms with van der Waals surface area (Å²) in [5, 5.41) is 13.1. The largest absolute Gasteiger partial charge is 0.455 e. The minimum absolute atomic E-state index is 0.0252. The fourth-order valence-electron chi connectivity index (χ4n) is 3.61. The Morgan fingerprint density at radius 3 is 2.53 bits per heavy atom. The Labute approximate surface area is 190 Å². The van der Waals surface area contributed by atoms with Gasteiger partial charge >= 0.3 is 12.1 Å². The third-order valence-corrected chi connectivity index (χ3v) is 5.43. The van der Waals surface area contributed by atoms with E-state index in [0.717, 1.165) is 0 Å². The quantitative estimate of drug-likeness (QED) is 0.427. The zero-order chi connectivity index (χ0) is 24.3. The average Bonchev–Trinajstić information content (AvgIpc) is 3.26. The highest BCUT2D eigenvalue weighted by Gasteiger charge is 2.38. The molecule has 3 aromatic rings. The number of rotatable bonds is 6. The van der Waals surface area contributed by atoms with Crippen molar-refractivity contribution >= 4 is 23.3 Å². The van der Waals surface area contributed by atoms with Crippen LogP contribution in [0.15, 0.2) is 36.4 Å². The van der Waals surface area contributed by atoms with Crippen molar-refractivity contribution in [3.8, 4) is 0 Å². The van der Waals surface area contributed by atoms with Gasteiger partial charge in [0.25, 0.3) is 11.7 Å². The number of aromatic nitrogens is 4. The van der Waals surface area contributed by atoms with Crippen molar-refractivity contribution in [3.63, 3.8) is 0 Å². The van der Waals surface area contributed by atoms with Gasteiger partial charge in [-0.05, 0) is 31.0 Å². The van der Waals surface area contributed by atoms with E-state index < -0.39 is 42.2 Å². The van der Waals surface area contributed by atoms with Gasteiger partial charge in [0, 0.05) is 25.2 Å². The molecule has 0 radical (unpaired) electrons. The third kappa shape index (κ3) is 5.24. The monoisotopic (exact) mass is 480 g/mol. The first kappa shape index (κ1) is 23.4. The number of piperidine rings is 1. The second-order valence-electron chi connectivity index (χ2n) is 7.72. The standard InChI is InChI=1S/C21H20F4N6O3/c22-15-4-2-1-3-14(15)11-26-18(32)12-34-19(33)13-7-9-30(10-8-13)17-6-5-16-27-28-20(21(23,24)25)31(16)29-17/h1-6,13H,7-12H2,(H,26,32). The number of alkyl halides is 3. The molecule has 3 heterocycles. The molecule has 180 valence electrons. The number of hydrogen-bond acceptors (Lipinski definition) is 7. The van der Waals surface area contributed by atoms with Crippen molar-refractivity contribution in [1.29, 1.82) is 0 Å². The fourth-order valence-corrected chi connectivity index (χ4v) is 3.61. The van der Waals surface area contributed by atoms with Gasteiger partial charge < -0.3 is 15.0 Å². The summed E-state index contributed by atoms with van der Waals surface area (Å²) in [5.74, 6) is -2.91. The second-order valence-corrected chi connectivity index (χ2v) is 7.72. The van der Waals surface area contributed by atoms with Gasteiger partial charge in [-0.2, -0.15) is 17.7 Å². The molecule has 2 aromatic heterocycles. The molecule has 0 aliphatic carbocycles. The van der Waals surface area contributed by atoms with Gasteiger partial charge in [-0.1, -0.05) is 18.2 Å². The fraction of sp³-hybridized carbons (Fsp3) is 0.381. The predicted octanol–water partition coefficient (Wildman–Crippen LogP) is 2.36. The van der Waals surface area contributed by atoms with Crippen molar-refractivity contribution in [2.24, 2.45) is 5.92 Å². The highest BCUT2D eigenvalue weighted by atomic mass is 19.4. The number of nitrogens with zero attached hydrogens (tertiary/aromatic N) is 5. The van der Waals surface area contributed by atoms with Gasteiger partial charge in [-0.15, -0.1) is 15.3 Å². The van der Waals surface area contributed by atoms with Crippen molar-refractivity contribution in [2.75, 3.05) is 24.6 Å². The molecule has 34 heavy (non-hydrogen) atoms. The Kier molecular flexibility index (Phi) is 6.61. The first-order valence-electron chi connectivity index (χ1n) is 10.4. The normalized spacial score (nSPS) is 14.9. The summed E-state index contributed by atoms with van der Waals surface area (Å²) in [5.41, 5.74) is 0.290. The molecule has 0 bridgehead atoms. The summed E-state index contributed by atoms with van der Waals surface area (Å²) < 4.78 is 58.5. The number of halogens is 4. The molecular formula is C21H20F4N6O3. The molecule has 1 N–H and O–H groups in total. The molecule has 9 nitrogen and oxygen atoms in total. The first-order valence-corrected chi connectivity index (χ1v) is 10.4. The van der Waals surface area contributed by atoms with E-state index in [0.29, 0.717) is 41.8 Å². The molecule has 13 heteroatoms. The zero-order valence-electron chi connectivity index (χ0n) is 17.8. The number of ether oxygens (including phenoxy) is 1. The third-order valence-electron chi connectivity index (χ3n) is 5.43. The maximum absolute atomic E-state index is 13.6. The Bertz CT molecular complexity index is 1190. The number of carbonyl (C=O) groups is 2. The SMILES string of the molecule is O=C(COC(=O)C1CCN(c2ccc3nnc(C(F)(F)F)n3n2)CC1)NCc1ccccc1F. The van der Waals surface area contributed by atoms with Crippen molar-refractivity contribution in [1.82, 2.24) is 25.1 Å². The minimum atomic E-state index is -4.69. The number of anilines is 1. The van der Waals surface area contributed by atoms with Crippen LogP contribution in [0.1, 0.15) is 24.2 Å². The molecule has 0 spiro atoms. The lowest BCUT2D eigenvalue weighted by molar-refractivity contribution is -0.153. The van der Waals surface area contributed by atoms with E-state index in [-0.39, 0.29) is 12.2 Å². The van der Waals surface area contributed by atoms with Crippen LogP contribution in [-0.2, 0) is 27.0 Å². The van der Waals surface area contributed by atoms with E-state index in [1.807, 2.05) is 0 Å². The number of nitrogens with one attached hydrogen (secondary N) is 1. The summed E-state index contributed by atoms with van der Waals surface area (Å²) in [6.07, 6.45) is -3.93. The number of amides is 1. The van der Waals surface area contributed by atoms with Crippen molar-refractivity contribution < 1.29 is 31.9 Å². The lowest BCUT2D eigenvalue weighted by Crippen LogP contribution is -2.38. The van der Waals surface area contributed by atoms with Crippen LogP contribution in [0.3, 0.4) is 0 Å². The molecule has 1 amide bonds. The van der Waals surface area contributed by atoms with Crippen LogP contribution in [0, 0.1) is 11.7 Å². The maximum atomic E-state index is 13.6. The Hall–Kier alpha value is -3.77. The molecule has 0 unspecified atom stereocenters. The maximum Gasteiger partial charge on any atom is 0.453 e. The van der Waals surface area contributed by atoms with E-state index in [1.54, 1.807) is 17.0 Å². The van der Waals surface area contributed by atoms with Crippen LogP contribution in [-0.4, -0.2) is 51.4 Å². The summed E-state index contributed by atoms with van der Waals surface area (Å²) >= 11 is 0. The van der Waals surface area contributed by atoms with E-state index >= 15 is 0 Å². The topological polar surface area (TPSA) is 102 Å². The smallest absolute Gasteiger partial charge is 0.453 e. The van der Waals surface area contributed by atoms with Gasteiger partial charge in [-0.25, -0.2) is 4.39 Å². The molecule has 1 fully saturated rings. The lowest BCUT2D eigenvalue weighted by Gasteiger charge is -2.31. The number of fused-ring (bicyclic) bond motifs is 1. The number of esters is 1. The zero-order valence-corrected chi connectivity index (χ0v) is 17.8. The number of benzene rings is 1.